The van der Waals surface area contributed by atoms with Crippen LogP contribution in [0.4, 0.5) is 0 Å². The second-order valence-electron chi connectivity index (χ2n) is 5.95. The predicted octanol–water partition coefficient (Wildman–Crippen LogP) is 0.240. The first-order chi connectivity index (χ1) is 11.9. The van der Waals surface area contributed by atoms with Crippen molar-refractivity contribution in [3.63, 3.8) is 0 Å². The molecule has 0 aliphatic carbocycles. The third kappa shape index (κ3) is 3.98. The first-order valence-electron chi connectivity index (χ1n) is 7.81. The SMILES string of the molecule is CN(C)S(=O)(=O)N1CCN(Cc2nnnn2-c2ccc(Cl)cc2)CC1. The van der Waals surface area contributed by atoms with E-state index < -0.39 is 10.2 Å². The van der Waals surface area contributed by atoms with Crippen LogP contribution in [0, 0.1) is 0 Å². The lowest BCUT2D eigenvalue weighted by Gasteiger charge is -2.34. The normalized spacial score (nSPS) is 17.3. The molecule has 1 saturated heterocycles. The zero-order valence-corrected chi connectivity index (χ0v) is 15.7. The molecular formula is C14H20ClN7O2S. The zero-order valence-electron chi connectivity index (χ0n) is 14.1. The van der Waals surface area contributed by atoms with Gasteiger partial charge in [-0.1, -0.05) is 11.6 Å². The molecule has 2 heterocycles. The van der Waals surface area contributed by atoms with E-state index in [-0.39, 0.29) is 0 Å². The van der Waals surface area contributed by atoms with Crippen LogP contribution in [0.1, 0.15) is 5.82 Å². The van der Waals surface area contributed by atoms with Crippen molar-refractivity contribution in [3.05, 3.63) is 35.1 Å². The van der Waals surface area contributed by atoms with Gasteiger partial charge in [-0.3, -0.25) is 4.90 Å². The maximum Gasteiger partial charge on any atom is 0.281 e. The molecule has 0 N–H and O–H groups in total. The van der Waals surface area contributed by atoms with Crippen LogP contribution in [0.15, 0.2) is 24.3 Å². The van der Waals surface area contributed by atoms with E-state index in [4.69, 9.17) is 11.6 Å². The summed E-state index contributed by atoms with van der Waals surface area (Å²) in [7, 11) is -0.271. The maximum absolute atomic E-state index is 12.2. The summed E-state index contributed by atoms with van der Waals surface area (Å²) in [5.41, 5.74) is 0.832. The number of tetrazole rings is 1. The summed E-state index contributed by atoms with van der Waals surface area (Å²) >= 11 is 5.91. The third-order valence-corrected chi connectivity index (χ3v) is 6.28. The summed E-state index contributed by atoms with van der Waals surface area (Å²) < 4.78 is 28.7. The second-order valence-corrected chi connectivity index (χ2v) is 8.53. The molecule has 1 fully saturated rings. The highest BCUT2D eigenvalue weighted by Gasteiger charge is 2.29. The molecule has 0 bridgehead atoms. The number of hydrogen-bond acceptors (Lipinski definition) is 6. The molecule has 0 saturated carbocycles. The number of nitrogens with zero attached hydrogens (tertiary/aromatic N) is 7. The predicted molar refractivity (Wildman–Crippen MR) is 93.6 cm³/mol. The average molecular weight is 386 g/mol. The fraction of sp³-hybridized carbons (Fsp3) is 0.500. The minimum absolute atomic E-state index is 0.447. The Hall–Kier alpha value is -1.59. The number of piperazine rings is 1. The Balaban J connectivity index is 1.66. The van der Waals surface area contributed by atoms with E-state index >= 15 is 0 Å². The molecular weight excluding hydrogens is 366 g/mol. The van der Waals surface area contributed by atoms with Crippen molar-refractivity contribution in [1.82, 2.24) is 33.7 Å². The van der Waals surface area contributed by atoms with Crippen molar-refractivity contribution in [2.45, 2.75) is 6.54 Å². The zero-order chi connectivity index (χ0) is 18.0. The third-order valence-electron chi connectivity index (χ3n) is 4.09. The van der Waals surface area contributed by atoms with Crippen molar-refractivity contribution in [3.8, 4) is 5.69 Å². The lowest BCUT2D eigenvalue weighted by molar-refractivity contribution is 0.173. The van der Waals surface area contributed by atoms with Crippen LogP contribution in [-0.2, 0) is 16.8 Å². The molecule has 136 valence electrons. The van der Waals surface area contributed by atoms with Gasteiger partial charge in [0.15, 0.2) is 5.82 Å². The molecule has 1 aromatic heterocycles. The van der Waals surface area contributed by atoms with Crippen LogP contribution in [-0.4, -0.2) is 82.4 Å². The van der Waals surface area contributed by atoms with Crippen LogP contribution >= 0.6 is 11.6 Å². The van der Waals surface area contributed by atoms with E-state index in [1.165, 1.54) is 8.61 Å². The van der Waals surface area contributed by atoms with Gasteiger partial charge in [0.1, 0.15) is 0 Å². The molecule has 0 radical (unpaired) electrons. The Morgan fingerprint density at radius 3 is 2.36 bits per heavy atom. The average Bonchev–Trinajstić information content (AvgIpc) is 3.04. The Morgan fingerprint density at radius 1 is 1.12 bits per heavy atom. The van der Waals surface area contributed by atoms with Gasteiger partial charge in [-0.05, 0) is 34.7 Å². The monoisotopic (exact) mass is 385 g/mol. The molecule has 0 amide bonds. The lowest BCUT2D eigenvalue weighted by Crippen LogP contribution is -2.51. The van der Waals surface area contributed by atoms with Gasteiger partial charge in [-0.15, -0.1) is 5.10 Å². The molecule has 1 aliphatic rings. The van der Waals surface area contributed by atoms with Gasteiger partial charge in [0.05, 0.1) is 12.2 Å². The highest BCUT2D eigenvalue weighted by Crippen LogP contribution is 2.15. The molecule has 1 aromatic carbocycles. The van der Waals surface area contributed by atoms with E-state index in [0.717, 1.165) is 5.69 Å². The Labute approximate surface area is 151 Å². The molecule has 0 unspecified atom stereocenters. The lowest BCUT2D eigenvalue weighted by atomic mass is 10.3. The minimum Gasteiger partial charge on any atom is -0.293 e. The number of aromatic nitrogens is 4. The van der Waals surface area contributed by atoms with E-state index in [2.05, 4.69) is 20.4 Å². The standard InChI is InChI=1S/C14H20ClN7O2S/c1-19(2)25(23,24)21-9-7-20(8-10-21)11-14-16-17-18-22(14)13-5-3-12(15)4-6-13/h3-6H,7-11H2,1-2H3. The second kappa shape index (κ2) is 7.34. The van der Waals surface area contributed by atoms with Crippen LogP contribution in [0.5, 0.6) is 0 Å². The van der Waals surface area contributed by atoms with Gasteiger partial charge in [0.25, 0.3) is 10.2 Å². The molecule has 3 rings (SSSR count). The summed E-state index contributed by atoms with van der Waals surface area (Å²) in [6.45, 7) is 2.69. The van der Waals surface area contributed by atoms with Gasteiger partial charge in [-0.25, -0.2) is 0 Å². The molecule has 11 heteroatoms. The molecule has 25 heavy (non-hydrogen) atoms. The van der Waals surface area contributed by atoms with Gasteiger partial charge in [0, 0.05) is 45.3 Å². The highest BCUT2D eigenvalue weighted by molar-refractivity contribution is 7.86. The molecule has 2 aromatic rings. The summed E-state index contributed by atoms with van der Waals surface area (Å²) in [6, 6.07) is 7.27. The number of halogens is 1. The van der Waals surface area contributed by atoms with Crippen molar-refractivity contribution in [1.29, 1.82) is 0 Å². The van der Waals surface area contributed by atoms with E-state index in [1.807, 2.05) is 12.1 Å². The number of benzene rings is 1. The first-order valence-corrected chi connectivity index (χ1v) is 9.58. The largest absolute Gasteiger partial charge is 0.293 e. The quantitative estimate of drug-likeness (QED) is 0.732. The maximum atomic E-state index is 12.2. The van der Waals surface area contributed by atoms with Crippen LogP contribution in [0.25, 0.3) is 5.69 Å². The number of hydrogen-bond donors (Lipinski definition) is 0. The molecule has 0 spiro atoms. The van der Waals surface area contributed by atoms with Crippen molar-refractivity contribution in [2.24, 2.45) is 0 Å². The van der Waals surface area contributed by atoms with Gasteiger partial charge >= 0.3 is 0 Å². The minimum atomic E-state index is -3.36. The summed E-state index contributed by atoms with van der Waals surface area (Å²) in [4.78, 5) is 2.14. The summed E-state index contributed by atoms with van der Waals surface area (Å²) in [5.74, 6) is 0.700. The van der Waals surface area contributed by atoms with Gasteiger partial charge < -0.3 is 0 Å². The van der Waals surface area contributed by atoms with E-state index in [9.17, 15) is 8.42 Å². The Bertz CT molecular complexity index is 814. The number of rotatable bonds is 5. The van der Waals surface area contributed by atoms with Crippen LogP contribution in [0.3, 0.4) is 0 Å². The Morgan fingerprint density at radius 2 is 1.76 bits per heavy atom. The highest BCUT2D eigenvalue weighted by atomic mass is 35.5. The molecule has 9 nitrogen and oxygen atoms in total. The van der Waals surface area contributed by atoms with Crippen molar-refractivity contribution in [2.75, 3.05) is 40.3 Å². The van der Waals surface area contributed by atoms with Crippen molar-refractivity contribution >= 4 is 21.8 Å². The van der Waals surface area contributed by atoms with Gasteiger partial charge in [-0.2, -0.15) is 21.7 Å². The first kappa shape index (κ1) is 18.2. The summed E-state index contributed by atoms with van der Waals surface area (Å²) in [6.07, 6.45) is 0. The van der Waals surface area contributed by atoms with E-state index in [0.29, 0.717) is 43.6 Å². The Kier molecular flexibility index (Phi) is 5.35. The van der Waals surface area contributed by atoms with E-state index in [1.54, 1.807) is 30.9 Å². The van der Waals surface area contributed by atoms with Crippen molar-refractivity contribution < 1.29 is 8.42 Å². The van der Waals surface area contributed by atoms with Crippen LogP contribution < -0.4 is 0 Å². The summed E-state index contributed by atoms with van der Waals surface area (Å²) in [5, 5.41) is 12.5. The molecule has 0 atom stereocenters. The molecule has 1 aliphatic heterocycles. The van der Waals surface area contributed by atoms with Gasteiger partial charge in [0.2, 0.25) is 0 Å². The topological polar surface area (TPSA) is 87.5 Å². The smallest absolute Gasteiger partial charge is 0.281 e. The fourth-order valence-corrected chi connectivity index (χ4v) is 3.85. The van der Waals surface area contributed by atoms with Crippen LogP contribution in [0.2, 0.25) is 5.02 Å². The fourth-order valence-electron chi connectivity index (χ4n) is 2.64.